The molecule has 0 saturated heterocycles. The Kier molecular flexibility index (Phi) is 5.86. The van der Waals surface area contributed by atoms with Crippen LogP contribution in [0, 0.1) is 0 Å². The molecule has 0 N–H and O–H groups in total. The first-order chi connectivity index (χ1) is 14.2. The lowest BCUT2D eigenvalue weighted by molar-refractivity contribution is -0.118. The average Bonchev–Trinajstić information content (AvgIpc) is 3.18. The van der Waals surface area contributed by atoms with Crippen LogP contribution in [0.1, 0.15) is 18.1 Å². The van der Waals surface area contributed by atoms with E-state index in [1.807, 2.05) is 85.8 Å². The smallest absolute Gasteiger partial charge is 0.233 e. The van der Waals surface area contributed by atoms with Crippen LogP contribution in [0.3, 0.4) is 0 Å². The van der Waals surface area contributed by atoms with Crippen molar-refractivity contribution in [2.75, 3.05) is 11.5 Å². The van der Waals surface area contributed by atoms with Crippen molar-refractivity contribution in [2.24, 2.45) is 0 Å². The molecular formula is C24H22N2O2S. The molecule has 4 aromatic rings. The lowest BCUT2D eigenvalue weighted by Crippen LogP contribution is -2.31. The molecule has 0 saturated carbocycles. The molecule has 0 atom stereocenters. The van der Waals surface area contributed by atoms with Crippen LogP contribution in [-0.4, -0.2) is 17.5 Å². The fourth-order valence-electron chi connectivity index (χ4n) is 3.19. The van der Waals surface area contributed by atoms with Gasteiger partial charge in [-0.2, -0.15) is 0 Å². The molecule has 29 heavy (non-hydrogen) atoms. The van der Waals surface area contributed by atoms with Gasteiger partial charge in [-0.1, -0.05) is 78.1 Å². The summed E-state index contributed by atoms with van der Waals surface area (Å²) in [5.74, 6) is 0.778. The molecule has 0 spiro atoms. The van der Waals surface area contributed by atoms with Crippen LogP contribution in [-0.2, 0) is 17.8 Å². The monoisotopic (exact) mass is 402 g/mol. The molecule has 5 heteroatoms. The van der Waals surface area contributed by atoms with Crippen LogP contribution >= 0.6 is 11.3 Å². The highest BCUT2D eigenvalue weighted by Crippen LogP contribution is 2.35. The topological polar surface area (TPSA) is 42.4 Å². The van der Waals surface area contributed by atoms with Gasteiger partial charge >= 0.3 is 0 Å². The van der Waals surface area contributed by atoms with E-state index in [4.69, 9.17) is 9.72 Å². The van der Waals surface area contributed by atoms with Gasteiger partial charge in [-0.3, -0.25) is 9.69 Å². The zero-order valence-electron chi connectivity index (χ0n) is 16.2. The first-order valence-corrected chi connectivity index (χ1v) is 10.5. The first kappa shape index (κ1) is 19.2. The van der Waals surface area contributed by atoms with Crippen LogP contribution in [0.2, 0.25) is 0 Å². The molecule has 1 heterocycles. The number of para-hydroxylation sites is 1. The van der Waals surface area contributed by atoms with E-state index in [0.717, 1.165) is 27.1 Å². The van der Waals surface area contributed by atoms with E-state index in [1.165, 1.54) is 11.3 Å². The van der Waals surface area contributed by atoms with Crippen molar-refractivity contribution in [3.05, 3.63) is 90.0 Å². The summed E-state index contributed by atoms with van der Waals surface area (Å²) in [6.45, 7) is 3.01. The fraction of sp³-hybridized carbons (Fsp3) is 0.167. The maximum Gasteiger partial charge on any atom is 0.233 e. The molecule has 1 amide bonds. The summed E-state index contributed by atoms with van der Waals surface area (Å²) in [5.41, 5.74) is 2.87. The van der Waals surface area contributed by atoms with Crippen LogP contribution in [0.15, 0.2) is 78.9 Å². The van der Waals surface area contributed by atoms with Crippen molar-refractivity contribution < 1.29 is 9.53 Å². The highest BCUT2D eigenvalue weighted by molar-refractivity contribution is 7.22. The number of thiazole rings is 1. The second kappa shape index (κ2) is 8.88. The number of rotatable bonds is 7. The number of amides is 1. The Morgan fingerprint density at radius 2 is 1.62 bits per heavy atom. The van der Waals surface area contributed by atoms with Crippen LogP contribution in [0.5, 0.6) is 5.75 Å². The van der Waals surface area contributed by atoms with E-state index in [1.54, 1.807) is 4.90 Å². The summed E-state index contributed by atoms with van der Waals surface area (Å²) in [7, 11) is 0. The Morgan fingerprint density at radius 1 is 0.931 bits per heavy atom. The highest BCUT2D eigenvalue weighted by Gasteiger charge is 2.21. The number of carbonyl (C=O) groups is 1. The van der Waals surface area contributed by atoms with Gasteiger partial charge in [0.25, 0.3) is 0 Å². The Balaban J connectivity index is 1.70. The SMILES string of the molecule is CCOc1cccc2sc(N(Cc3ccccc3)C(=O)Cc3ccccc3)nc12. The number of hydrogen-bond acceptors (Lipinski definition) is 4. The zero-order valence-corrected chi connectivity index (χ0v) is 17.1. The van der Waals surface area contributed by atoms with Crippen LogP contribution < -0.4 is 9.64 Å². The predicted octanol–water partition coefficient (Wildman–Crippen LogP) is 5.47. The maximum atomic E-state index is 13.3. The molecule has 0 aliphatic heterocycles. The minimum absolute atomic E-state index is 0.0251. The fourth-order valence-corrected chi connectivity index (χ4v) is 4.19. The van der Waals surface area contributed by atoms with E-state index in [0.29, 0.717) is 24.7 Å². The van der Waals surface area contributed by atoms with Gasteiger partial charge in [-0.25, -0.2) is 4.98 Å². The molecule has 0 aliphatic carbocycles. The van der Waals surface area contributed by atoms with E-state index in [2.05, 4.69) is 0 Å². The molecule has 4 nitrogen and oxygen atoms in total. The second-order valence-electron chi connectivity index (χ2n) is 6.66. The summed E-state index contributed by atoms with van der Waals surface area (Å²) in [5, 5.41) is 0.692. The third-order valence-corrected chi connectivity index (χ3v) is 5.63. The largest absolute Gasteiger partial charge is 0.492 e. The lowest BCUT2D eigenvalue weighted by Gasteiger charge is -2.20. The number of carbonyl (C=O) groups excluding carboxylic acids is 1. The molecular weight excluding hydrogens is 380 g/mol. The first-order valence-electron chi connectivity index (χ1n) is 9.65. The predicted molar refractivity (Wildman–Crippen MR) is 119 cm³/mol. The van der Waals surface area contributed by atoms with Crippen molar-refractivity contribution in [3.8, 4) is 5.75 Å². The molecule has 0 bridgehead atoms. The summed E-state index contributed by atoms with van der Waals surface area (Å²) >= 11 is 1.52. The quantitative estimate of drug-likeness (QED) is 0.412. The molecule has 3 aromatic carbocycles. The van der Waals surface area contributed by atoms with Gasteiger partial charge in [-0.15, -0.1) is 0 Å². The van der Waals surface area contributed by atoms with Crippen LogP contribution in [0.25, 0.3) is 10.2 Å². The average molecular weight is 403 g/mol. The van der Waals surface area contributed by atoms with E-state index >= 15 is 0 Å². The molecule has 146 valence electrons. The molecule has 0 radical (unpaired) electrons. The minimum Gasteiger partial charge on any atom is -0.492 e. The van der Waals surface area contributed by atoms with Gasteiger partial charge in [0, 0.05) is 0 Å². The van der Waals surface area contributed by atoms with Crippen molar-refractivity contribution in [3.63, 3.8) is 0 Å². The van der Waals surface area contributed by atoms with Gasteiger partial charge in [0.2, 0.25) is 5.91 Å². The Morgan fingerprint density at radius 3 is 2.31 bits per heavy atom. The summed E-state index contributed by atoms with van der Waals surface area (Å²) < 4.78 is 6.74. The number of aromatic nitrogens is 1. The number of hydrogen-bond donors (Lipinski definition) is 0. The standard InChI is InChI=1S/C24H22N2O2S/c1-2-28-20-14-9-15-21-23(20)25-24(29-21)26(17-19-12-7-4-8-13-19)22(27)16-18-10-5-3-6-11-18/h3-15H,2,16-17H2,1H3. The van der Waals surface area contributed by atoms with Gasteiger partial charge in [0.15, 0.2) is 5.13 Å². The Bertz CT molecular complexity index is 1090. The molecule has 1 aromatic heterocycles. The zero-order chi connectivity index (χ0) is 20.1. The van der Waals surface area contributed by atoms with Crippen molar-refractivity contribution in [1.82, 2.24) is 4.98 Å². The second-order valence-corrected chi connectivity index (χ2v) is 7.67. The van der Waals surface area contributed by atoms with Gasteiger partial charge in [-0.05, 0) is 30.2 Å². The third kappa shape index (κ3) is 4.46. The maximum absolute atomic E-state index is 13.3. The Hall–Kier alpha value is -3.18. The third-order valence-electron chi connectivity index (χ3n) is 4.58. The molecule has 4 rings (SSSR count). The number of anilines is 1. The van der Waals surface area contributed by atoms with Crippen molar-refractivity contribution >= 4 is 32.6 Å². The normalized spacial score (nSPS) is 10.8. The van der Waals surface area contributed by atoms with E-state index < -0.39 is 0 Å². The number of nitrogens with zero attached hydrogens (tertiary/aromatic N) is 2. The Labute approximate surface area is 174 Å². The molecule has 0 aliphatic rings. The highest BCUT2D eigenvalue weighted by atomic mass is 32.1. The summed E-state index contributed by atoms with van der Waals surface area (Å²) in [6.07, 6.45) is 0.335. The number of benzene rings is 3. The molecule has 0 fully saturated rings. The summed E-state index contributed by atoms with van der Waals surface area (Å²) in [4.78, 5) is 19.8. The number of fused-ring (bicyclic) bond motifs is 1. The van der Waals surface area contributed by atoms with Crippen LogP contribution in [0.4, 0.5) is 5.13 Å². The van der Waals surface area contributed by atoms with Gasteiger partial charge in [0.1, 0.15) is 11.3 Å². The van der Waals surface area contributed by atoms with Gasteiger partial charge < -0.3 is 4.74 Å². The molecule has 0 unspecified atom stereocenters. The van der Waals surface area contributed by atoms with E-state index in [-0.39, 0.29) is 5.91 Å². The van der Waals surface area contributed by atoms with Crippen molar-refractivity contribution in [2.45, 2.75) is 19.9 Å². The number of ether oxygens (including phenoxy) is 1. The van der Waals surface area contributed by atoms with Gasteiger partial charge in [0.05, 0.1) is 24.3 Å². The van der Waals surface area contributed by atoms with Crippen molar-refractivity contribution in [1.29, 1.82) is 0 Å². The lowest BCUT2D eigenvalue weighted by atomic mass is 10.1. The van der Waals surface area contributed by atoms with E-state index in [9.17, 15) is 4.79 Å². The minimum atomic E-state index is 0.0251. The summed E-state index contributed by atoms with van der Waals surface area (Å²) in [6, 6.07) is 25.7.